The smallest absolute Gasteiger partial charge is 0.316 e. The van der Waals surface area contributed by atoms with Gasteiger partial charge in [0.25, 0.3) is 0 Å². The Hall–Kier alpha value is -0.330. The summed E-state index contributed by atoms with van der Waals surface area (Å²) in [5.41, 5.74) is -0.564. The van der Waals surface area contributed by atoms with Crippen molar-refractivity contribution in [1.29, 1.82) is 0 Å². The summed E-state index contributed by atoms with van der Waals surface area (Å²) in [6, 6.07) is 5.55. The van der Waals surface area contributed by atoms with Crippen molar-refractivity contribution in [1.82, 2.24) is 5.32 Å². The van der Waals surface area contributed by atoms with Crippen LogP contribution in [0, 0.1) is 5.92 Å². The summed E-state index contributed by atoms with van der Waals surface area (Å²) < 4.78 is 37.6. The lowest BCUT2D eigenvalue weighted by Gasteiger charge is -2.26. The standard InChI is InChI=1S/C13H16F3NS2/c14-13(15,16)11-2-1-3-12(6-11)19-5-4-18-9-10-7-17-8-10/h1-3,6,10,17H,4-5,7-9H2. The van der Waals surface area contributed by atoms with Crippen LogP contribution in [0.3, 0.4) is 0 Å². The minimum absolute atomic E-state index is 0.564. The van der Waals surface area contributed by atoms with Gasteiger partial charge < -0.3 is 5.32 Å². The number of benzene rings is 1. The number of halogens is 3. The maximum absolute atomic E-state index is 12.5. The van der Waals surface area contributed by atoms with Crippen molar-refractivity contribution in [2.24, 2.45) is 5.92 Å². The Morgan fingerprint density at radius 1 is 1.21 bits per heavy atom. The SMILES string of the molecule is FC(F)(F)c1cccc(SCCSCC2CNC2)c1. The minimum Gasteiger partial charge on any atom is -0.316 e. The highest BCUT2D eigenvalue weighted by molar-refractivity contribution is 8.02. The van der Waals surface area contributed by atoms with Crippen LogP contribution in [0.15, 0.2) is 29.2 Å². The molecule has 106 valence electrons. The molecule has 0 unspecified atom stereocenters. The van der Waals surface area contributed by atoms with Gasteiger partial charge in [0.05, 0.1) is 5.56 Å². The van der Waals surface area contributed by atoms with Gasteiger partial charge in [0.1, 0.15) is 0 Å². The summed E-state index contributed by atoms with van der Waals surface area (Å²) in [4.78, 5) is 0.695. The second-order valence-electron chi connectivity index (χ2n) is 4.47. The molecule has 0 aliphatic carbocycles. The molecule has 6 heteroatoms. The van der Waals surface area contributed by atoms with E-state index in [2.05, 4.69) is 5.32 Å². The summed E-state index contributed by atoms with van der Waals surface area (Å²) in [5, 5.41) is 3.22. The first-order valence-electron chi connectivity index (χ1n) is 6.14. The molecule has 1 aliphatic heterocycles. The molecule has 0 bridgehead atoms. The highest BCUT2D eigenvalue weighted by Crippen LogP contribution is 2.32. The van der Waals surface area contributed by atoms with Crippen molar-refractivity contribution in [2.75, 3.05) is 30.3 Å². The Morgan fingerprint density at radius 3 is 2.63 bits per heavy atom. The van der Waals surface area contributed by atoms with E-state index in [1.165, 1.54) is 23.9 Å². The molecule has 1 aromatic carbocycles. The van der Waals surface area contributed by atoms with Gasteiger partial charge in [-0.25, -0.2) is 0 Å². The quantitative estimate of drug-likeness (QED) is 0.635. The van der Waals surface area contributed by atoms with Crippen molar-refractivity contribution in [2.45, 2.75) is 11.1 Å². The predicted molar refractivity (Wildman–Crippen MR) is 75.9 cm³/mol. The molecule has 0 atom stereocenters. The number of thioether (sulfide) groups is 2. The molecule has 0 radical (unpaired) electrons. The van der Waals surface area contributed by atoms with Crippen LogP contribution in [-0.4, -0.2) is 30.3 Å². The zero-order valence-corrected chi connectivity index (χ0v) is 12.0. The predicted octanol–water partition coefficient (Wildman–Crippen LogP) is 3.75. The summed E-state index contributed by atoms with van der Waals surface area (Å²) in [6.07, 6.45) is -4.25. The van der Waals surface area contributed by atoms with E-state index in [0.717, 1.165) is 42.3 Å². The van der Waals surface area contributed by atoms with Gasteiger partial charge in [0.15, 0.2) is 0 Å². The first-order valence-corrected chi connectivity index (χ1v) is 8.28. The second kappa shape index (κ2) is 6.90. The molecule has 19 heavy (non-hydrogen) atoms. The van der Waals surface area contributed by atoms with E-state index in [9.17, 15) is 13.2 Å². The van der Waals surface area contributed by atoms with Crippen molar-refractivity contribution in [3.05, 3.63) is 29.8 Å². The third kappa shape index (κ3) is 4.93. The van der Waals surface area contributed by atoms with E-state index < -0.39 is 11.7 Å². The van der Waals surface area contributed by atoms with Gasteiger partial charge in [-0.05, 0) is 43.0 Å². The van der Waals surface area contributed by atoms with Crippen LogP contribution in [-0.2, 0) is 6.18 Å². The fourth-order valence-electron chi connectivity index (χ4n) is 1.70. The van der Waals surface area contributed by atoms with Gasteiger partial charge in [0, 0.05) is 16.4 Å². The Bertz CT molecular complexity index is 405. The van der Waals surface area contributed by atoms with Crippen molar-refractivity contribution >= 4 is 23.5 Å². The molecule has 1 heterocycles. The highest BCUT2D eigenvalue weighted by atomic mass is 32.2. The molecule has 1 aliphatic rings. The third-order valence-corrected chi connectivity index (χ3v) is 5.33. The molecule has 1 N–H and O–H groups in total. The Morgan fingerprint density at radius 2 is 2.00 bits per heavy atom. The normalized spacial score (nSPS) is 16.4. The number of rotatable bonds is 6. The molecule has 1 fully saturated rings. The van der Waals surface area contributed by atoms with Crippen LogP contribution in [0.5, 0.6) is 0 Å². The van der Waals surface area contributed by atoms with Crippen LogP contribution in [0.4, 0.5) is 13.2 Å². The van der Waals surface area contributed by atoms with E-state index in [-0.39, 0.29) is 0 Å². The van der Waals surface area contributed by atoms with Crippen LogP contribution < -0.4 is 5.32 Å². The fourth-order valence-corrected chi connectivity index (χ4v) is 3.86. The molecule has 0 amide bonds. The lowest BCUT2D eigenvalue weighted by Crippen LogP contribution is -2.43. The average molecular weight is 307 g/mol. The van der Waals surface area contributed by atoms with Gasteiger partial charge >= 0.3 is 6.18 Å². The number of alkyl halides is 3. The lowest BCUT2D eigenvalue weighted by molar-refractivity contribution is -0.137. The zero-order valence-electron chi connectivity index (χ0n) is 10.4. The molecular formula is C13H16F3NS2. The lowest BCUT2D eigenvalue weighted by atomic mass is 10.1. The number of nitrogens with one attached hydrogen (secondary N) is 1. The zero-order chi connectivity index (χ0) is 13.7. The van der Waals surface area contributed by atoms with Gasteiger partial charge in [-0.1, -0.05) is 6.07 Å². The number of hydrogen-bond acceptors (Lipinski definition) is 3. The monoisotopic (exact) mass is 307 g/mol. The van der Waals surface area contributed by atoms with Crippen molar-refractivity contribution in [3.63, 3.8) is 0 Å². The highest BCUT2D eigenvalue weighted by Gasteiger charge is 2.30. The molecule has 0 saturated carbocycles. The van der Waals surface area contributed by atoms with Crippen molar-refractivity contribution < 1.29 is 13.2 Å². The molecule has 1 aromatic rings. The Labute approximate surface area is 119 Å². The number of hydrogen-bond donors (Lipinski definition) is 1. The van der Waals surface area contributed by atoms with Crippen molar-refractivity contribution in [3.8, 4) is 0 Å². The van der Waals surface area contributed by atoms with E-state index in [1.54, 1.807) is 6.07 Å². The molecule has 0 aromatic heterocycles. The molecule has 1 nitrogen and oxygen atoms in total. The topological polar surface area (TPSA) is 12.0 Å². The Kier molecular flexibility index (Phi) is 5.47. The van der Waals surface area contributed by atoms with E-state index in [4.69, 9.17) is 0 Å². The maximum Gasteiger partial charge on any atom is 0.416 e. The van der Waals surface area contributed by atoms with Crippen LogP contribution >= 0.6 is 23.5 Å². The maximum atomic E-state index is 12.5. The third-order valence-electron chi connectivity index (χ3n) is 2.88. The summed E-state index contributed by atoms with van der Waals surface area (Å²) >= 11 is 3.37. The largest absolute Gasteiger partial charge is 0.416 e. The van der Waals surface area contributed by atoms with Gasteiger partial charge in [-0.3, -0.25) is 0 Å². The van der Waals surface area contributed by atoms with Crippen LogP contribution in [0.1, 0.15) is 5.56 Å². The fraction of sp³-hybridized carbons (Fsp3) is 0.538. The van der Waals surface area contributed by atoms with Gasteiger partial charge in [-0.15, -0.1) is 11.8 Å². The molecular weight excluding hydrogens is 291 g/mol. The molecule has 2 rings (SSSR count). The summed E-state index contributed by atoms with van der Waals surface area (Å²) in [7, 11) is 0. The molecule has 1 saturated heterocycles. The minimum atomic E-state index is -4.25. The van der Waals surface area contributed by atoms with Gasteiger partial charge in [0.2, 0.25) is 0 Å². The molecule has 0 spiro atoms. The van der Waals surface area contributed by atoms with E-state index >= 15 is 0 Å². The van der Waals surface area contributed by atoms with Crippen LogP contribution in [0.2, 0.25) is 0 Å². The van der Waals surface area contributed by atoms with Gasteiger partial charge in [-0.2, -0.15) is 24.9 Å². The summed E-state index contributed by atoms with van der Waals surface area (Å²) in [5.74, 6) is 3.77. The van der Waals surface area contributed by atoms with Crippen LogP contribution in [0.25, 0.3) is 0 Å². The average Bonchev–Trinajstić information content (AvgIpc) is 2.30. The first kappa shape index (κ1) is 15.1. The summed E-state index contributed by atoms with van der Waals surface area (Å²) in [6.45, 7) is 2.21. The Balaban J connectivity index is 1.70. The van der Waals surface area contributed by atoms with E-state index in [1.807, 2.05) is 11.8 Å². The second-order valence-corrected chi connectivity index (χ2v) is 6.79. The van der Waals surface area contributed by atoms with E-state index in [0.29, 0.717) is 4.90 Å². The first-order chi connectivity index (χ1) is 9.05.